The second kappa shape index (κ2) is 3.42. The summed E-state index contributed by atoms with van der Waals surface area (Å²) in [7, 11) is 0. The minimum absolute atomic E-state index is 0.353. The normalized spacial score (nSPS) is 14.9. The average Bonchev–Trinajstić information content (AvgIpc) is 2.88. The molecule has 0 radical (unpaired) electrons. The molecule has 0 amide bonds. The zero-order valence-electron chi connectivity index (χ0n) is 9.76. The molecular weight excluding hydrogens is 268 g/mol. The van der Waals surface area contributed by atoms with Gasteiger partial charge in [0.25, 0.3) is 5.56 Å². The fraction of sp³-hybridized carbons (Fsp3) is 0.167. The van der Waals surface area contributed by atoms with Crippen LogP contribution in [0.2, 0.25) is 0 Å². The van der Waals surface area contributed by atoms with Crippen molar-refractivity contribution < 1.29 is 0 Å². The van der Waals surface area contributed by atoms with Gasteiger partial charge in [-0.25, -0.2) is 4.79 Å². The smallest absolute Gasteiger partial charge is 0.346 e. The molecule has 0 bridgehead atoms. The highest BCUT2D eigenvalue weighted by molar-refractivity contribution is 6.15. The number of halogens is 1. The minimum atomic E-state index is -0.515. The monoisotopic (exact) mass is 276 g/mol. The van der Waals surface area contributed by atoms with Crippen LogP contribution in [0.3, 0.4) is 0 Å². The van der Waals surface area contributed by atoms with Crippen LogP contribution in [-0.2, 0) is 6.54 Å². The van der Waals surface area contributed by atoms with E-state index in [1.807, 2.05) is 29.2 Å². The third-order valence-corrected chi connectivity index (χ3v) is 3.83. The summed E-state index contributed by atoms with van der Waals surface area (Å²) in [4.78, 5) is 26.0. The maximum atomic E-state index is 12.1. The van der Waals surface area contributed by atoms with Gasteiger partial charge in [-0.2, -0.15) is 4.09 Å². The van der Waals surface area contributed by atoms with Crippen molar-refractivity contribution in [1.29, 1.82) is 0 Å². The van der Waals surface area contributed by atoms with E-state index in [0.29, 0.717) is 28.7 Å². The number of aromatic nitrogens is 2. The number of hydrogen-bond donors (Lipinski definition) is 1. The van der Waals surface area contributed by atoms with E-state index in [1.165, 1.54) is 4.57 Å². The molecule has 2 aromatic rings. The Morgan fingerprint density at radius 2 is 1.95 bits per heavy atom. The highest BCUT2D eigenvalue weighted by atomic mass is 35.5. The molecule has 7 heteroatoms. The molecule has 0 atom stereocenters. The lowest BCUT2D eigenvalue weighted by Crippen LogP contribution is -2.37. The zero-order chi connectivity index (χ0) is 13.1. The number of hydrogen-bond acceptors (Lipinski definition) is 4. The molecule has 6 nitrogen and oxygen atoms in total. The van der Waals surface area contributed by atoms with E-state index in [9.17, 15) is 9.59 Å². The van der Waals surface area contributed by atoms with E-state index in [0.717, 1.165) is 11.4 Å². The number of rotatable bonds is 0. The molecular formula is C12H9ClN4O2. The first-order valence-corrected chi connectivity index (χ1v) is 6.22. The van der Waals surface area contributed by atoms with Crippen molar-refractivity contribution in [2.24, 2.45) is 0 Å². The molecule has 0 aliphatic carbocycles. The van der Waals surface area contributed by atoms with Gasteiger partial charge in [0, 0.05) is 24.9 Å². The van der Waals surface area contributed by atoms with Gasteiger partial charge < -0.3 is 10.2 Å². The van der Waals surface area contributed by atoms with Crippen molar-refractivity contribution in [2.45, 2.75) is 6.54 Å². The van der Waals surface area contributed by atoms with Gasteiger partial charge in [-0.3, -0.25) is 9.36 Å². The first-order chi connectivity index (χ1) is 9.18. The van der Waals surface area contributed by atoms with Crippen molar-refractivity contribution in [2.75, 3.05) is 16.8 Å². The average molecular weight is 277 g/mol. The summed E-state index contributed by atoms with van der Waals surface area (Å²) < 4.78 is 2.15. The van der Waals surface area contributed by atoms with Crippen molar-refractivity contribution in [3.05, 3.63) is 45.1 Å². The minimum Gasteiger partial charge on any atom is -0.346 e. The quantitative estimate of drug-likeness (QED) is 0.786. The molecule has 1 aromatic heterocycles. The van der Waals surface area contributed by atoms with E-state index in [-0.39, 0.29) is 0 Å². The Labute approximate surface area is 112 Å². The number of benzene rings is 1. The molecule has 0 saturated carbocycles. The molecule has 19 heavy (non-hydrogen) atoms. The summed E-state index contributed by atoms with van der Waals surface area (Å²) in [6.07, 6.45) is 0. The number of nitrogens with one attached hydrogen (secondary N) is 1. The maximum absolute atomic E-state index is 12.1. The molecule has 3 heterocycles. The van der Waals surface area contributed by atoms with Gasteiger partial charge in [0.05, 0.1) is 11.4 Å². The van der Waals surface area contributed by atoms with Crippen LogP contribution in [0.25, 0.3) is 0 Å². The number of fused-ring (bicyclic) bond motifs is 2. The van der Waals surface area contributed by atoms with Crippen molar-refractivity contribution in [3.63, 3.8) is 0 Å². The van der Waals surface area contributed by atoms with Crippen molar-refractivity contribution >= 4 is 34.7 Å². The first-order valence-electron chi connectivity index (χ1n) is 5.88. The highest BCUT2D eigenvalue weighted by Gasteiger charge is 2.33. The van der Waals surface area contributed by atoms with Crippen LogP contribution in [-0.4, -0.2) is 15.2 Å². The van der Waals surface area contributed by atoms with Crippen molar-refractivity contribution in [3.8, 4) is 0 Å². The van der Waals surface area contributed by atoms with E-state index in [2.05, 4.69) is 5.32 Å². The maximum Gasteiger partial charge on any atom is 0.347 e. The topological polar surface area (TPSA) is 59.3 Å². The Balaban J connectivity index is 2.12. The molecule has 0 fully saturated rings. The van der Waals surface area contributed by atoms with Gasteiger partial charge in [-0.15, -0.1) is 0 Å². The fourth-order valence-electron chi connectivity index (χ4n) is 2.69. The Morgan fingerprint density at radius 1 is 1.16 bits per heavy atom. The van der Waals surface area contributed by atoms with E-state index in [4.69, 9.17) is 11.8 Å². The predicted molar refractivity (Wildman–Crippen MR) is 72.9 cm³/mol. The predicted octanol–water partition coefficient (Wildman–Crippen LogP) is 1.22. The second-order valence-corrected chi connectivity index (χ2v) is 4.85. The van der Waals surface area contributed by atoms with Gasteiger partial charge in [-0.05, 0) is 12.1 Å². The van der Waals surface area contributed by atoms with Crippen LogP contribution >= 0.6 is 11.8 Å². The van der Waals surface area contributed by atoms with E-state index in [1.54, 1.807) is 0 Å². The molecule has 0 saturated heterocycles. The standard InChI is InChI=1S/C12H9ClN4O2/c13-17-11(18)9-10-15(5-6-16(10)12(17)19)8-4-2-1-3-7(8)14-9/h1-4,14H,5-6H2. The number of anilines is 4. The van der Waals surface area contributed by atoms with E-state index < -0.39 is 11.2 Å². The van der Waals surface area contributed by atoms with Gasteiger partial charge in [0.1, 0.15) is 11.5 Å². The van der Waals surface area contributed by atoms with Crippen LogP contribution in [0.1, 0.15) is 0 Å². The fourth-order valence-corrected chi connectivity index (χ4v) is 2.87. The summed E-state index contributed by atoms with van der Waals surface area (Å²) >= 11 is 5.76. The summed E-state index contributed by atoms with van der Waals surface area (Å²) in [5.41, 5.74) is 1.16. The van der Waals surface area contributed by atoms with E-state index >= 15 is 0 Å². The van der Waals surface area contributed by atoms with Crippen LogP contribution in [0.4, 0.5) is 22.9 Å². The summed E-state index contributed by atoms with van der Waals surface area (Å²) in [6.45, 7) is 1.17. The molecule has 1 N–H and O–H groups in total. The molecule has 0 unspecified atom stereocenters. The largest absolute Gasteiger partial charge is 0.347 e. The molecule has 4 rings (SSSR count). The zero-order valence-corrected chi connectivity index (χ0v) is 10.5. The lowest BCUT2D eigenvalue weighted by molar-refractivity contribution is 0.721. The van der Waals surface area contributed by atoms with Crippen LogP contribution in [0, 0.1) is 0 Å². The summed E-state index contributed by atoms with van der Waals surface area (Å²) in [6, 6.07) is 7.67. The summed E-state index contributed by atoms with van der Waals surface area (Å²) in [5.74, 6) is 0.602. The molecule has 0 spiro atoms. The first kappa shape index (κ1) is 10.7. The number of nitrogens with zero attached hydrogens (tertiary/aromatic N) is 3. The highest BCUT2D eigenvalue weighted by Crippen LogP contribution is 2.43. The van der Waals surface area contributed by atoms with Gasteiger partial charge in [-0.1, -0.05) is 12.1 Å². The Hall–Kier alpha value is -2.21. The Morgan fingerprint density at radius 3 is 2.79 bits per heavy atom. The third kappa shape index (κ3) is 1.21. The lowest BCUT2D eigenvalue weighted by atomic mass is 10.2. The Bertz CT molecular complexity index is 823. The molecule has 1 aromatic carbocycles. The van der Waals surface area contributed by atoms with Gasteiger partial charge in [0.2, 0.25) is 0 Å². The lowest BCUT2D eigenvalue weighted by Gasteiger charge is -2.28. The van der Waals surface area contributed by atoms with Gasteiger partial charge in [0.15, 0.2) is 0 Å². The van der Waals surface area contributed by atoms with Gasteiger partial charge >= 0.3 is 5.69 Å². The molecule has 2 aliphatic rings. The SMILES string of the molecule is O=c1c2c3n(c(=O)n1Cl)CCN3c1ccccc1N2. The second-order valence-electron chi connectivity index (χ2n) is 4.51. The van der Waals surface area contributed by atoms with Crippen LogP contribution in [0.15, 0.2) is 33.9 Å². The van der Waals surface area contributed by atoms with Crippen molar-refractivity contribution in [1.82, 2.24) is 8.65 Å². The molecule has 96 valence electrons. The number of para-hydroxylation sites is 2. The summed E-state index contributed by atoms with van der Waals surface area (Å²) in [5, 5.41) is 3.07. The van der Waals surface area contributed by atoms with Crippen LogP contribution < -0.4 is 21.5 Å². The van der Waals surface area contributed by atoms with Crippen LogP contribution in [0.5, 0.6) is 0 Å². The third-order valence-electron chi connectivity index (χ3n) is 3.53. The Kier molecular flexibility index (Phi) is 1.92. The molecule has 2 aliphatic heterocycles.